The van der Waals surface area contributed by atoms with Crippen LogP contribution < -0.4 is 11.1 Å². The van der Waals surface area contributed by atoms with Crippen molar-refractivity contribution in [1.29, 1.82) is 0 Å². The summed E-state index contributed by atoms with van der Waals surface area (Å²) in [5, 5.41) is 3.04. The highest BCUT2D eigenvalue weighted by Crippen LogP contribution is 2.34. The average molecular weight is 379 g/mol. The topological polar surface area (TPSA) is 64.4 Å². The Morgan fingerprint density at radius 1 is 1.08 bits per heavy atom. The molecule has 1 aliphatic rings. The van der Waals surface area contributed by atoms with Crippen LogP contribution in [0.4, 0.5) is 4.39 Å². The monoisotopic (exact) mass is 378 g/mol. The first-order valence-electron chi connectivity index (χ1n) is 8.54. The molecule has 0 aliphatic carbocycles. The van der Waals surface area contributed by atoms with Crippen molar-refractivity contribution in [3.05, 3.63) is 71.0 Å². The van der Waals surface area contributed by atoms with Gasteiger partial charge in [-0.05, 0) is 48.2 Å². The molecule has 0 bridgehead atoms. The molecule has 6 heteroatoms. The summed E-state index contributed by atoms with van der Waals surface area (Å²) in [7, 11) is 0. The number of hydrogen-bond donors (Lipinski definition) is 2. The van der Waals surface area contributed by atoms with Crippen molar-refractivity contribution in [3.63, 3.8) is 0 Å². The SMILES string of the molecule is Cl.NCc1ccc(C(=O)NCC2(c3ccc(F)cc3)CCOCC2)cc1. The van der Waals surface area contributed by atoms with E-state index >= 15 is 0 Å². The molecule has 0 saturated carbocycles. The van der Waals surface area contributed by atoms with Crippen LogP contribution in [-0.2, 0) is 16.7 Å². The Morgan fingerprint density at radius 3 is 2.27 bits per heavy atom. The molecule has 26 heavy (non-hydrogen) atoms. The van der Waals surface area contributed by atoms with Gasteiger partial charge in [0.25, 0.3) is 5.91 Å². The van der Waals surface area contributed by atoms with Crippen LogP contribution in [0.15, 0.2) is 48.5 Å². The number of ether oxygens (including phenoxy) is 1. The molecule has 3 N–H and O–H groups in total. The maximum Gasteiger partial charge on any atom is 0.251 e. The molecule has 1 amide bonds. The molecule has 3 rings (SSSR count). The number of nitrogens with two attached hydrogens (primary N) is 1. The summed E-state index contributed by atoms with van der Waals surface area (Å²) >= 11 is 0. The molecule has 140 valence electrons. The van der Waals surface area contributed by atoms with E-state index in [0.717, 1.165) is 24.0 Å². The van der Waals surface area contributed by atoms with Crippen molar-refractivity contribution in [2.24, 2.45) is 5.73 Å². The van der Waals surface area contributed by atoms with Crippen molar-refractivity contribution >= 4 is 18.3 Å². The minimum atomic E-state index is -0.255. The van der Waals surface area contributed by atoms with Gasteiger partial charge in [-0.1, -0.05) is 24.3 Å². The number of carbonyl (C=O) groups is 1. The molecule has 1 heterocycles. The Balaban J connectivity index is 0.00000243. The van der Waals surface area contributed by atoms with Gasteiger partial charge < -0.3 is 15.8 Å². The molecular formula is C20H24ClFN2O2. The number of halogens is 2. The maximum atomic E-state index is 13.3. The molecule has 1 aliphatic heterocycles. The molecule has 0 radical (unpaired) electrons. The first-order chi connectivity index (χ1) is 12.1. The van der Waals surface area contributed by atoms with Gasteiger partial charge in [0.15, 0.2) is 0 Å². The summed E-state index contributed by atoms with van der Waals surface area (Å²) in [5.41, 5.74) is 8.00. The Morgan fingerprint density at radius 2 is 1.69 bits per heavy atom. The summed E-state index contributed by atoms with van der Waals surface area (Å²) in [5.74, 6) is -0.369. The van der Waals surface area contributed by atoms with E-state index in [0.29, 0.717) is 31.9 Å². The van der Waals surface area contributed by atoms with Crippen LogP contribution in [-0.4, -0.2) is 25.7 Å². The van der Waals surface area contributed by atoms with E-state index in [2.05, 4.69) is 5.32 Å². The number of amides is 1. The lowest BCUT2D eigenvalue weighted by atomic mass is 9.74. The van der Waals surface area contributed by atoms with Gasteiger partial charge in [0.1, 0.15) is 5.82 Å². The molecule has 0 spiro atoms. The van der Waals surface area contributed by atoms with Crippen LogP contribution in [0.3, 0.4) is 0 Å². The first-order valence-corrected chi connectivity index (χ1v) is 8.54. The third-order valence-electron chi connectivity index (χ3n) is 4.95. The van der Waals surface area contributed by atoms with E-state index in [4.69, 9.17) is 10.5 Å². The quantitative estimate of drug-likeness (QED) is 0.839. The number of carbonyl (C=O) groups excluding carboxylic acids is 1. The van der Waals surface area contributed by atoms with Gasteiger partial charge in [0, 0.05) is 37.3 Å². The summed E-state index contributed by atoms with van der Waals surface area (Å²) < 4.78 is 18.8. The largest absolute Gasteiger partial charge is 0.381 e. The van der Waals surface area contributed by atoms with E-state index in [-0.39, 0.29) is 29.5 Å². The standard InChI is InChI=1S/C20H23FN2O2.ClH/c21-18-7-5-17(6-8-18)20(9-11-25-12-10-20)14-23-19(24)16-3-1-15(13-22)2-4-16;/h1-8H,9-14,22H2,(H,23,24);1H. The third kappa shape index (κ3) is 4.61. The Labute approximate surface area is 159 Å². The Bertz CT molecular complexity index is 714. The summed E-state index contributed by atoms with van der Waals surface area (Å²) in [6.45, 7) is 2.23. The number of nitrogens with one attached hydrogen (secondary N) is 1. The highest BCUT2D eigenvalue weighted by molar-refractivity contribution is 5.94. The van der Waals surface area contributed by atoms with Crippen molar-refractivity contribution in [2.75, 3.05) is 19.8 Å². The molecular weight excluding hydrogens is 355 g/mol. The maximum absolute atomic E-state index is 13.3. The zero-order valence-electron chi connectivity index (χ0n) is 14.5. The second-order valence-electron chi connectivity index (χ2n) is 6.48. The zero-order valence-corrected chi connectivity index (χ0v) is 15.4. The van der Waals surface area contributed by atoms with Crippen molar-refractivity contribution in [2.45, 2.75) is 24.8 Å². The minimum absolute atomic E-state index is 0. The normalized spacial score (nSPS) is 15.8. The second-order valence-corrected chi connectivity index (χ2v) is 6.48. The molecule has 0 aromatic heterocycles. The van der Waals surface area contributed by atoms with Crippen LogP contribution in [0.2, 0.25) is 0 Å². The zero-order chi connectivity index (χ0) is 17.7. The highest BCUT2D eigenvalue weighted by Gasteiger charge is 2.34. The molecule has 2 aromatic carbocycles. The Kier molecular flexibility index (Phi) is 7.14. The lowest BCUT2D eigenvalue weighted by molar-refractivity contribution is 0.0487. The van der Waals surface area contributed by atoms with Crippen LogP contribution in [0.1, 0.15) is 34.3 Å². The van der Waals surface area contributed by atoms with Crippen LogP contribution in [0.25, 0.3) is 0 Å². The van der Waals surface area contributed by atoms with Crippen LogP contribution in [0.5, 0.6) is 0 Å². The molecule has 1 saturated heterocycles. The van der Waals surface area contributed by atoms with Crippen molar-refractivity contribution < 1.29 is 13.9 Å². The molecule has 0 unspecified atom stereocenters. The van der Waals surface area contributed by atoms with Gasteiger partial charge in [-0.25, -0.2) is 4.39 Å². The first kappa shape index (κ1) is 20.4. The predicted molar refractivity (Wildman–Crippen MR) is 102 cm³/mol. The van der Waals surface area contributed by atoms with Gasteiger partial charge >= 0.3 is 0 Å². The van der Waals surface area contributed by atoms with E-state index in [1.807, 2.05) is 24.3 Å². The molecule has 0 atom stereocenters. The lowest BCUT2D eigenvalue weighted by Gasteiger charge is -2.38. The van der Waals surface area contributed by atoms with E-state index in [1.54, 1.807) is 12.1 Å². The van der Waals surface area contributed by atoms with Gasteiger partial charge in [0.05, 0.1) is 0 Å². The fourth-order valence-corrected chi connectivity index (χ4v) is 3.28. The predicted octanol–water partition coefficient (Wildman–Crippen LogP) is 3.18. The summed E-state index contributed by atoms with van der Waals surface area (Å²) in [6, 6.07) is 13.8. The third-order valence-corrected chi connectivity index (χ3v) is 4.95. The average Bonchev–Trinajstić information content (AvgIpc) is 2.67. The van der Waals surface area contributed by atoms with Gasteiger partial charge in [-0.3, -0.25) is 4.79 Å². The van der Waals surface area contributed by atoms with Gasteiger partial charge in [-0.15, -0.1) is 12.4 Å². The molecule has 2 aromatic rings. The minimum Gasteiger partial charge on any atom is -0.381 e. The molecule has 1 fully saturated rings. The summed E-state index contributed by atoms with van der Waals surface area (Å²) in [6.07, 6.45) is 1.59. The molecule has 4 nitrogen and oxygen atoms in total. The highest BCUT2D eigenvalue weighted by atomic mass is 35.5. The van der Waals surface area contributed by atoms with Gasteiger partial charge in [-0.2, -0.15) is 0 Å². The smallest absolute Gasteiger partial charge is 0.251 e. The van der Waals surface area contributed by atoms with Crippen LogP contribution >= 0.6 is 12.4 Å². The van der Waals surface area contributed by atoms with Gasteiger partial charge in [0.2, 0.25) is 0 Å². The van der Waals surface area contributed by atoms with Crippen molar-refractivity contribution in [3.8, 4) is 0 Å². The number of benzene rings is 2. The number of rotatable bonds is 5. The summed E-state index contributed by atoms with van der Waals surface area (Å²) in [4.78, 5) is 12.5. The van der Waals surface area contributed by atoms with E-state index in [9.17, 15) is 9.18 Å². The second kappa shape index (κ2) is 9.12. The van der Waals surface area contributed by atoms with Crippen LogP contribution in [0, 0.1) is 5.82 Å². The van der Waals surface area contributed by atoms with E-state index < -0.39 is 0 Å². The fourth-order valence-electron chi connectivity index (χ4n) is 3.28. The lowest BCUT2D eigenvalue weighted by Crippen LogP contribution is -2.44. The Hall–Kier alpha value is -1.95. The number of hydrogen-bond acceptors (Lipinski definition) is 3. The van der Waals surface area contributed by atoms with E-state index in [1.165, 1.54) is 12.1 Å². The van der Waals surface area contributed by atoms with Crippen molar-refractivity contribution in [1.82, 2.24) is 5.32 Å². The fraction of sp³-hybridized carbons (Fsp3) is 0.350.